The van der Waals surface area contributed by atoms with Crippen LogP contribution < -0.4 is 5.73 Å². The molecule has 0 fully saturated rings. The van der Waals surface area contributed by atoms with E-state index in [1.807, 2.05) is 0 Å². The van der Waals surface area contributed by atoms with Crippen molar-refractivity contribution in [3.8, 4) is 0 Å². The first-order valence-electron chi connectivity index (χ1n) is 3.63. The van der Waals surface area contributed by atoms with E-state index in [0.717, 1.165) is 13.8 Å². The number of hydrogen-bond donors (Lipinski definition) is 1. The molecule has 6 heteroatoms. The van der Waals surface area contributed by atoms with Crippen molar-refractivity contribution in [3.05, 3.63) is 0 Å². The Morgan fingerprint density at radius 2 is 1.77 bits per heavy atom. The number of alkyl halides is 3. The smallest absolute Gasteiger partial charge is 0.427 e. The first-order valence-corrected chi connectivity index (χ1v) is 3.63. The van der Waals surface area contributed by atoms with Gasteiger partial charge in [0.05, 0.1) is 0 Å². The average Bonchev–Trinajstić information content (AvgIpc) is 1.83. The summed E-state index contributed by atoms with van der Waals surface area (Å²) >= 11 is 0. The van der Waals surface area contributed by atoms with Gasteiger partial charge in [-0.15, -0.1) is 0 Å². The summed E-state index contributed by atoms with van der Waals surface area (Å²) in [5.41, 5.74) is 2.56. The molecular formula is C7H12F3NO2. The van der Waals surface area contributed by atoms with Crippen LogP contribution in [0.25, 0.3) is 0 Å². The number of esters is 1. The third-order valence-corrected chi connectivity index (χ3v) is 1.41. The summed E-state index contributed by atoms with van der Waals surface area (Å²) in [7, 11) is 0. The van der Waals surface area contributed by atoms with E-state index in [0.29, 0.717) is 0 Å². The van der Waals surface area contributed by atoms with Gasteiger partial charge in [-0.3, -0.25) is 4.79 Å². The first kappa shape index (κ1) is 12.2. The lowest BCUT2D eigenvalue weighted by Gasteiger charge is -2.28. The minimum absolute atomic E-state index is 0.771. The Bertz CT molecular complexity index is 198. The Labute approximate surface area is 74.0 Å². The molecule has 0 aromatic rings. The van der Waals surface area contributed by atoms with Gasteiger partial charge in [-0.2, -0.15) is 13.2 Å². The van der Waals surface area contributed by atoms with Gasteiger partial charge < -0.3 is 10.5 Å². The molecule has 0 saturated carbocycles. The summed E-state index contributed by atoms with van der Waals surface area (Å²) in [6.07, 6.45) is -4.59. The number of carbonyl (C=O) groups is 1. The maximum atomic E-state index is 12.1. The number of nitrogens with two attached hydrogens (primary N) is 1. The van der Waals surface area contributed by atoms with Crippen molar-refractivity contribution in [2.24, 2.45) is 5.73 Å². The molecule has 0 rings (SSSR count). The second-order valence-corrected chi connectivity index (χ2v) is 3.22. The average molecular weight is 199 g/mol. The van der Waals surface area contributed by atoms with Crippen LogP contribution in [0.15, 0.2) is 0 Å². The maximum absolute atomic E-state index is 12.1. The summed E-state index contributed by atoms with van der Waals surface area (Å²) < 4.78 is 40.6. The molecule has 0 aromatic carbocycles. The van der Waals surface area contributed by atoms with E-state index in [2.05, 4.69) is 4.74 Å². The molecule has 13 heavy (non-hydrogen) atoms. The Balaban J connectivity index is 4.44. The minimum atomic E-state index is -4.59. The molecule has 78 valence electrons. The Morgan fingerprint density at radius 1 is 1.38 bits per heavy atom. The van der Waals surface area contributed by atoms with Crippen molar-refractivity contribution < 1.29 is 22.7 Å². The molecule has 1 unspecified atom stereocenters. The zero-order valence-corrected chi connectivity index (χ0v) is 7.61. The third-order valence-electron chi connectivity index (χ3n) is 1.41. The highest BCUT2D eigenvalue weighted by molar-refractivity contribution is 5.75. The van der Waals surface area contributed by atoms with Crippen LogP contribution in [-0.4, -0.2) is 23.8 Å². The molecule has 1 atom stereocenters. The second-order valence-electron chi connectivity index (χ2n) is 3.22. The summed E-state index contributed by atoms with van der Waals surface area (Å²) in [5.74, 6) is -1.07. The van der Waals surface area contributed by atoms with Crippen LogP contribution in [0.5, 0.6) is 0 Å². The quantitative estimate of drug-likeness (QED) is 0.680. The van der Waals surface area contributed by atoms with E-state index in [1.165, 1.54) is 6.92 Å². The fraction of sp³-hybridized carbons (Fsp3) is 0.857. The normalized spacial score (nSPS) is 15.3. The van der Waals surface area contributed by atoms with E-state index >= 15 is 0 Å². The van der Waals surface area contributed by atoms with Gasteiger partial charge in [0.2, 0.25) is 5.60 Å². The molecule has 0 saturated heterocycles. The lowest BCUT2D eigenvalue weighted by molar-refractivity contribution is -0.257. The van der Waals surface area contributed by atoms with Gasteiger partial charge in [0.25, 0.3) is 0 Å². The lowest BCUT2D eigenvalue weighted by Crippen LogP contribution is -2.46. The molecule has 0 radical (unpaired) electrons. The number of halogens is 3. The van der Waals surface area contributed by atoms with Crippen molar-refractivity contribution in [2.45, 2.75) is 38.6 Å². The largest absolute Gasteiger partial charge is 0.449 e. The summed E-state index contributed by atoms with van der Waals surface area (Å²) in [6, 6.07) is -1.05. The van der Waals surface area contributed by atoms with E-state index < -0.39 is 23.8 Å². The highest BCUT2D eigenvalue weighted by atomic mass is 19.4. The fourth-order valence-electron chi connectivity index (χ4n) is 0.402. The van der Waals surface area contributed by atoms with Gasteiger partial charge in [0.15, 0.2) is 0 Å². The highest BCUT2D eigenvalue weighted by Gasteiger charge is 2.51. The summed E-state index contributed by atoms with van der Waals surface area (Å²) in [6.45, 7) is 2.80. The Morgan fingerprint density at radius 3 is 2.00 bits per heavy atom. The maximum Gasteiger partial charge on any atom is 0.427 e. The molecule has 0 spiro atoms. The molecule has 2 N–H and O–H groups in total. The van der Waals surface area contributed by atoms with Crippen molar-refractivity contribution >= 4 is 5.97 Å². The minimum Gasteiger partial charge on any atom is -0.449 e. The number of carbonyl (C=O) groups excluding carboxylic acids is 1. The van der Waals surface area contributed by atoms with Gasteiger partial charge in [-0.05, 0) is 20.8 Å². The van der Waals surface area contributed by atoms with Gasteiger partial charge in [-0.25, -0.2) is 0 Å². The molecule has 0 aliphatic heterocycles. The van der Waals surface area contributed by atoms with Crippen molar-refractivity contribution in [2.75, 3.05) is 0 Å². The van der Waals surface area contributed by atoms with Crippen LogP contribution in [0.1, 0.15) is 20.8 Å². The molecule has 0 aliphatic rings. The predicted molar refractivity (Wildman–Crippen MR) is 39.9 cm³/mol. The number of rotatable bonds is 2. The second kappa shape index (κ2) is 3.53. The van der Waals surface area contributed by atoms with E-state index in [1.54, 1.807) is 0 Å². The standard InChI is InChI=1S/C7H12F3NO2/c1-4(11)5(12)13-6(2,3)7(8,9)10/h4H,11H2,1-3H3. The van der Waals surface area contributed by atoms with Crippen molar-refractivity contribution in [1.82, 2.24) is 0 Å². The van der Waals surface area contributed by atoms with Crippen LogP contribution >= 0.6 is 0 Å². The summed E-state index contributed by atoms with van der Waals surface area (Å²) in [4.78, 5) is 10.8. The zero-order chi connectivity index (χ0) is 10.9. The van der Waals surface area contributed by atoms with Crippen LogP contribution in [0, 0.1) is 0 Å². The first-order chi connectivity index (χ1) is 5.58. The highest BCUT2D eigenvalue weighted by Crippen LogP contribution is 2.32. The van der Waals surface area contributed by atoms with E-state index in [9.17, 15) is 18.0 Å². The van der Waals surface area contributed by atoms with Gasteiger partial charge >= 0.3 is 12.1 Å². The van der Waals surface area contributed by atoms with Crippen LogP contribution in [-0.2, 0) is 9.53 Å². The van der Waals surface area contributed by atoms with Crippen LogP contribution in [0.3, 0.4) is 0 Å². The van der Waals surface area contributed by atoms with Crippen LogP contribution in [0.4, 0.5) is 13.2 Å². The SMILES string of the molecule is CC(N)C(=O)OC(C)(C)C(F)(F)F. The topological polar surface area (TPSA) is 52.3 Å². The van der Waals surface area contributed by atoms with Crippen molar-refractivity contribution in [1.29, 1.82) is 0 Å². The molecule has 3 nitrogen and oxygen atoms in total. The molecule has 0 aromatic heterocycles. The fourth-order valence-corrected chi connectivity index (χ4v) is 0.402. The van der Waals surface area contributed by atoms with Crippen LogP contribution in [0.2, 0.25) is 0 Å². The van der Waals surface area contributed by atoms with E-state index in [4.69, 9.17) is 5.73 Å². The molecular weight excluding hydrogens is 187 g/mol. The molecule has 0 aliphatic carbocycles. The lowest BCUT2D eigenvalue weighted by atomic mass is 10.1. The van der Waals surface area contributed by atoms with Crippen molar-refractivity contribution in [3.63, 3.8) is 0 Å². The molecule has 0 heterocycles. The Kier molecular flexibility index (Phi) is 3.32. The Hall–Kier alpha value is -0.780. The van der Waals surface area contributed by atoms with E-state index in [-0.39, 0.29) is 0 Å². The third kappa shape index (κ3) is 3.22. The zero-order valence-electron chi connectivity index (χ0n) is 7.61. The van der Waals surface area contributed by atoms with Gasteiger partial charge in [0, 0.05) is 0 Å². The van der Waals surface area contributed by atoms with Gasteiger partial charge in [-0.1, -0.05) is 0 Å². The number of hydrogen-bond acceptors (Lipinski definition) is 3. The molecule has 0 amide bonds. The predicted octanol–water partition coefficient (Wildman–Crippen LogP) is 1.22. The number of ether oxygens (including phenoxy) is 1. The monoisotopic (exact) mass is 199 g/mol. The molecule has 0 bridgehead atoms. The van der Waals surface area contributed by atoms with Gasteiger partial charge in [0.1, 0.15) is 6.04 Å². The summed E-state index contributed by atoms with van der Waals surface area (Å²) in [5, 5.41) is 0.